The van der Waals surface area contributed by atoms with Crippen LogP contribution in [0.4, 0.5) is 5.95 Å². The number of H-pyrrole nitrogens is 1. The minimum Gasteiger partial charge on any atom is -0.367 e. The number of anilines is 1. The average Bonchev–Trinajstić information content (AvgIpc) is 3.14. The zero-order chi connectivity index (χ0) is 16.4. The molecule has 4 N–H and O–H groups in total. The minimum absolute atomic E-state index is 0.139. The van der Waals surface area contributed by atoms with Crippen molar-refractivity contribution in [3.8, 4) is 5.82 Å². The molecule has 23 heavy (non-hydrogen) atoms. The maximum Gasteiger partial charge on any atom is 0.255 e. The van der Waals surface area contributed by atoms with Crippen molar-refractivity contribution in [2.24, 2.45) is 0 Å². The molecule has 0 bridgehead atoms. The highest BCUT2D eigenvalue weighted by atomic mass is 16.1. The first-order valence-corrected chi connectivity index (χ1v) is 7.01. The van der Waals surface area contributed by atoms with Crippen LogP contribution in [0, 0.1) is 6.92 Å². The largest absolute Gasteiger partial charge is 0.367 e. The number of carbonyl (C=O) groups is 1. The van der Waals surface area contributed by atoms with Crippen molar-refractivity contribution in [1.82, 2.24) is 35.3 Å². The molecule has 0 saturated heterocycles. The standard InChI is InChI=1S/C14H16N8O/c1-8(12-19-14(15)21-20-12)18-13(23)10-7-17-22(9(10)2)11-5-3-4-6-16-11/h3-8H,1-2H3,(H,18,23)(H3,15,19,20,21). The Balaban J connectivity index is 1.79. The predicted octanol–water partition coefficient (Wildman–Crippen LogP) is 0.767. The van der Waals surface area contributed by atoms with Crippen molar-refractivity contribution in [2.45, 2.75) is 19.9 Å². The molecule has 0 saturated carbocycles. The zero-order valence-corrected chi connectivity index (χ0v) is 12.7. The van der Waals surface area contributed by atoms with Crippen LogP contribution in [0.1, 0.15) is 34.8 Å². The molecule has 9 heteroatoms. The Labute approximate surface area is 132 Å². The summed E-state index contributed by atoms with van der Waals surface area (Å²) in [5.74, 6) is 1.03. The monoisotopic (exact) mass is 312 g/mol. The summed E-state index contributed by atoms with van der Waals surface area (Å²) in [5, 5.41) is 13.5. The fourth-order valence-corrected chi connectivity index (χ4v) is 2.17. The number of pyridine rings is 1. The van der Waals surface area contributed by atoms with Gasteiger partial charge >= 0.3 is 0 Å². The molecule has 1 amide bonds. The van der Waals surface area contributed by atoms with Crippen LogP contribution in [0.2, 0.25) is 0 Å². The quantitative estimate of drug-likeness (QED) is 0.653. The first kappa shape index (κ1) is 14.7. The number of aromatic nitrogens is 6. The number of rotatable bonds is 4. The van der Waals surface area contributed by atoms with E-state index in [1.54, 1.807) is 17.8 Å². The van der Waals surface area contributed by atoms with E-state index >= 15 is 0 Å². The van der Waals surface area contributed by atoms with Gasteiger partial charge in [-0.3, -0.25) is 9.89 Å². The predicted molar refractivity (Wildman–Crippen MR) is 82.8 cm³/mol. The van der Waals surface area contributed by atoms with E-state index < -0.39 is 0 Å². The molecule has 0 aliphatic carbocycles. The summed E-state index contributed by atoms with van der Waals surface area (Å²) >= 11 is 0. The smallest absolute Gasteiger partial charge is 0.255 e. The van der Waals surface area contributed by atoms with Gasteiger partial charge in [0.1, 0.15) is 5.82 Å². The van der Waals surface area contributed by atoms with Crippen molar-refractivity contribution < 1.29 is 4.79 Å². The Morgan fingerprint density at radius 3 is 2.91 bits per heavy atom. The fourth-order valence-electron chi connectivity index (χ4n) is 2.17. The van der Waals surface area contributed by atoms with E-state index in [4.69, 9.17) is 5.73 Å². The van der Waals surface area contributed by atoms with Crippen molar-refractivity contribution in [3.05, 3.63) is 47.7 Å². The number of nitrogens with zero attached hydrogens (tertiary/aromatic N) is 5. The molecule has 0 aliphatic heterocycles. The highest BCUT2D eigenvalue weighted by molar-refractivity contribution is 5.95. The lowest BCUT2D eigenvalue weighted by Crippen LogP contribution is -2.27. The molecule has 3 rings (SSSR count). The summed E-state index contributed by atoms with van der Waals surface area (Å²) < 4.78 is 1.62. The molecule has 118 valence electrons. The van der Waals surface area contributed by atoms with Crippen LogP contribution in [-0.2, 0) is 0 Å². The van der Waals surface area contributed by atoms with E-state index in [9.17, 15) is 4.79 Å². The molecule has 0 spiro atoms. The Kier molecular flexibility index (Phi) is 3.75. The van der Waals surface area contributed by atoms with Crippen molar-refractivity contribution >= 4 is 11.9 Å². The number of hydrogen-bond donors (Lipinski definition) is 3. The van der Waals surface area contributed by atoms with Gasteiger partial charge in [-0.15, -0.1) is 5.10 Å². The Bertz CT molecular complexity index is 822. The van der Waals surface area contributed by atoms with E-state index in [0.29, 0.717) is 22.9 Å². The van der Waals surface area contributed by atoms with Gasteiger partial charge in [-0.1, -0.05) is 6.07 Å². The number of nitrogens with one attached hydrogen (secondary N) is 2. The molecule has 9 nitrogen and oxygen atoms in total. The topological polar surface area (TPSA) is 127 Å². The van der Waals surface area contributed by atoms with Gasteiger partial charge in [-0.2, -0.15) is 10.1 Å². The molecule has 0 aromatic carbocycles. The van der Waals surface area contributed by atoms with Gasteiger partial charge in [0, 0.05) is 6.20 Å². The number of hydrogen-bond acceptors (Lipinski definition) is 6. The van der Waals surface area contributed by atoms with E-state index in [1.165, 1.54) is 6.20 Å². The van der Waals surface area contributed by atoms with Crippen LogP contribution in [-0.4, -0.2) is 35.9 Å². The Hall–Kier alpha value is -3.23. The Morgan fingerprint density at radius 2 is 2.26 bits per heavy atom. The van der Waals surface area contributed by atoms with Crippen LogP contribution in [0.15, 0.2) is 30.6 Å². The van der Waals surface area contributed by atoms with Gasteiger partial charge < -0.3 is 11.1 Å². The number of nitrogen functional groups attached to an aromatic ring is 1. The molecule has 3 aromatic rings. The normalized spacial score (nSPS) is 12.1. The Morgan fingerprint density at radius 1 is 1.43 bits per heavy atom. The summed E-state index contributed by atoms with van der Waals surface area (Å²) in [5.41, 5.74) is 6.63. The van der Waals surface area contributed by atoms with E-state index in [-0.39, 0.29) is 17.9 Å². The van der Waals surface area contributed by atoms with Crippen LogP contribution in [0.5, 0.6) is 0 Å². The number of aromatic amines is 1. The molecule has 1 unspecified atom stereocenters. The highest BCUT2D eigenvalue weighted by Crippen LogP contribution is 2.14. The van der Waals surface area contributed by atoms with E-state index in [2.05, 4.69) is 30.6 Å². The molecular formula is C14H16N8O. The van der Waals surface area contributed by atoms with Gasteiger partial charge in [0.05, 0.1) is 23.5 Å². The maximum atomic E-state index is 12.4. The maximum absolute atomic E-state index is 12.4. The van der Waals surface area contributed by atoms with Gasteiger partial charge in [-0.05, 0) is 26.0 Å². The second-order valence-electron chi connectivity index (χ2n) is 5.02. The van der Waals surface area contributed by atoms with Gasteiger partial charge in [0.15, 0.2) is 5.82 Å². The summed E-state index contributed by atoms with van der Waals surface area (Å²) in [6.45, 7) is 3.60. The number of amides is 1. The molecule has 0 fully saturated rings. The molecule has 1 atom stereocenters. The third kappa shape index (κ3) is 2.89. The van der Waals surface area contributed by atoms with Gasteiger partial charge in [-0.25, -0.2) is 9.67 Å². The van der Waals surface area contributed by atoms with E-state index in [0.717, 1.165) is 0 Å². The fraction of sp³-hybridized carbons (Fsp3) is 0.214. The summed E-state index contributed by atoms with van der Waals surface area (Å²) in [6, 6.07) is 5.15. The van der Waals surface area contributed by atoms with Crippen LogP contribution in [0.3, 0.4) is 0 Å². The summed E-state index contributed by atoms with van der Waals surface area (Å²) in [7, 11) is 0. The lowest BCUT2D eigenvalue weighted by molar-refractivity contribution is 0.0937. The average molecular weight is 312 g/mol. The molecule has 3 aromatic heterocycles. The summed E-state index contributed by atoms with van der Waals surface area (Å²) in [4.78, 5) is 20.6. The van der Waals surface area contributed by atoms with Crippen LogP contribution in [0.25, 0.3) is 5.82 Å². The second-order valence-corrected chi connectivity index (χ2v) is 5.02. The number of carbonyl (C=O) groups excluding carboxylic acids is 1. The molecule has 0 aliphatic rings. The summed E-state index contributed by atoms with van der Waals surface area (Å²) in [6.07, 6.45) is 3.19. The molecule has 0 radical (unpaired) electrons. The van der Waals surface area contributed by atoms with Gasteiger partial charge in [0.2, 0.25) is 5.95 Å². The SMILES string of the molecule is Cc1c(C(=O)NC(C)c2nc(N)n[nH]2)cnn1-c1ccccn1. The third-order valence-corrected chi connectivity index (χ3v) is 3.40. The second kappa shape index (κ2) is 5.87. The van der Waals surface area contributed by atoms with Crippen LogP contribution < -0.4 is 11.1 Å². The van der Waals surface area contributed by atoms with Gasteiger partial charge in [0.25, 0.3) is 5.91 Å². The van der Waals surface area contributed by atoms with Crippen LogP contribution >= 0.6 is 0 Å². The minimum atomic E-state index is -0.357. The van der Waals surface area contributed by atoms with Crippen molar-refractivity contribution in [3.63, 3.8) is 0 Å². The number of nitrogens with two attached hydrogens (primary N) is 1. The van der Waals surface area contributed by atoms with E-state index in [1.807, 2.05) is 25.1 Å². The van der Waals surface area contributed by atoms with Crippen molar-refractivity contribution in [1.29, 1.82) is 0 Å². The molecular weight excluding hydrogens is 296 g/mol. The zero-order valence-electron chi connectivity index (χ0n) is 12.7. The lowest BCUT2D eigenvalue weighted by Gasteiger charge is -2.10. The first-order valence-electron chi connectivity index (χ1n) is 7.01. The third-order valence-electron chi connectivity index (χ3n) is 3.40. The highest BCUT2D eigenvalue weighted by Gasteiger charge is 2.19. The van der Waals surface area contributed by atoms with Crippen molar-refractivity contribution in [2.75, 3.05) is 5.73 Å². The first-order chi connectivity index (χ1) is 11.1. The molecule has 3 heterocycles. The lowest BCUT2D eigenvalue weighted by atomic mass is 10.2.